The first-order valence-electron chi connectivity index (χ1n) is 20.5. The Balaban J connectivity index is 1.14. The lowest BCUT2D eigenvalue weighted by molar-refractivity contribution is 0.600. The van der Waals surface area contributed by atoms with Crippen molar-refractivity contribution in [1.29, 1.82) is 0 Å². The third kappa shape index (κ3) is 4.79. The number of hydrogen-bond acceptors (Lipinski definition) is 2. The quantitative estimate of drug-likeness (QED) is 0.175. The van der Waals surface area contributed by atoms with E-state index in [0.717, 1.165) is 53.1 Å². The first-order valence-corrected chi connectivity index (χ1v) is 20.5. The van der Waals surface area contributed by atoms with Crippen LogP contribution in [0.3, 0.4) is 0 Å². The highest BCUT2D eigenvalue weighted by Crippen LogP contribution is 2.65. The Kier molecular flexibility index (Phi) is 7.37. The number of benzene rings is 7. The highest BCUT2D eigenvalue weighted by Gasteiger charge is 2.54. The summed E-state index contributed by atoms with van der Waals surface area (Å²) < 4.78 is 6.60. The molecule has 274 valence electrons. The van der Waals surface area contributed by atoms with Gasteiger partial charge in [0.1, 0.15) is 11.3 Å². The summed E-state index contributed by atoms with van der Waals surface area (Å²) in [6, 6.07) is 60.7. The highest BCUT2D eigenvalue weighted by atomic mass is 16.3. The highest BCUT2D eigenvalue weighted by molar-refractivity contribution is 6.04. The van der Waals surface area contributed by atoms with Gasteiger partial charge in [0.25, 0.3) is 0 Å². The van der Waals surface area contributed by atoms with Gasteiger partial charge in [-0.3, -0.25) is 0 Å². The van der Waals surface area contributed by atoms with Crippen LogP contribution in [-0.4, -0.2) is 0 Å². The van der Waals surface area contributed by atoms with Crippen LogP contribution in [0.25, 0.3) is 56.0 Å². The minimum absolute atomic E-state index is 0.458. The van der Waals surface area contributed by atoms with Crippen molar-refractivity contribution in [2.45, 2.75) is 24.7 Å². The standard InChI is InChI=1S/C56H39NO/c1-4-16-37(17-5-1)39-20-14-21-41(34-39)57(52-27-15-29-54-55(52)47-24-8-3-9-28-53(47)58-54)42-31-33-46-44-23-11-13-26-49(44)56(51(46)36-42)48-25-12-10-22-43(48)45-32-30-40(35-50(45)56)38-18-6-2-7-19-38/h1-9,11,13-23,25-36H,10,12,24H2. The summed E-state index contributed by atoms with van der Waals surface area (Å²) in [5, 5.41) is 1.15. The van der Waals surface area contributed by atoms with Crippen LogP contribution in [0.15, 0.2) is 204 Å². The van der Waals surface area contributed by atoms with Crippen LogP contribution in [-0.2, 0) is 11.8 Å². The summed E-state index contributed by atoms with van der Waals surface area (Å²) in [4.78, 5) is 2.47. The van der Waals surface area contributed by atoms with Gasteiger partial charge in [0.05, 0.1) is 11.1 Å². The van der Waals surface area contributed by atoms with E-state index < -0.39 is 5.41 Å². The molecular formula is C56H39NO. The molecule has 2 nitrogen and oxygen atoms in total. The van der Waals surface area contributed by atoms with E-state index in [1.807, 2.05) is 0 Å². The summed E-state index contributed by atoms with van der Waals surface area (Å²) in [7, 11) is 0. The number of rotatable bonds is 5. The Bertz CT molecular complexity index is 3080. The normalized spacial score (nSPS) is 16.9. The maximum atomic E-state index is 6.60. The van der Waals surface area contributed by atoms with Crippen molar-refractivity contribution in [2.24, 2.45) is 0 Å². The van der Waals surface area contributed by atoms with E-state index in [1.54, 1.807) is 0 Å². The topological polar surface area (TPSA) is 16.4 Å². The van der Waals surface area contributed by atoms with E-state index in [-0.39, 0.29) is 0 Å². The molecule has 0 radical (unpaired) electrons. The zero-order valence-corrected chi connectivity index (χ0v) is 32.0. The van der Waals surface area contributed by atoms with Gasteiger partial charge >= 0.3 is 0 Å². The van der Waals surface area contributed by atoms with Crippen LogP contribution in [0.1, 0.15) is 46.4 Å². The van der Waals surface area contributed by atoms with Crippen molar-refractivity contribution in [3.8, 4) is 33.4 Å². The van der Waals surface area contributed by atoms with Gasteiger partial charge in [-0.25, -0.2) is 0 Å². The lowest BCUT2D eigenvalue weighted by atomic mass is 9.69. The van der Waals surface area contributed by atoms with E-state index >= 15 is 0 Å². The number of furan rings is 1. The van der Waals surface area contributed by atoms with Crippen LogP contribution in [0, 0.1) is 0 Å². The Morgan fingerprint density at radius 3 is 2.05 bits per heavy atom. The molecule has 58 heavy (non-hydrogen) atoms. The van der Waals surface area contributed by atoms with Gasteiger partial charge in [-0.05, 0) is 135 Å². The number of anilines is 3. The minimum atomic E-state index is -0.458. The molecular weight excluding hydrogens is 703 g/mol. The third-order valence-corrected chi connectivity index (χ3v) is 12.8. The largest absolute Gasteiger partial charge is 0.456 e. The van der Waals surface area contributed by atoms with Gasteiger partial charge in [-0.1, -0.05) is 152 Å². The van der Waals surface area contributed by atoms with E-state index in [1.165, 1.54) is 72.3 Å². The van der Waals surface area contributed by atoms with Gasteiger partial charge < -0.3 is 9.32 Å². The van der Waals surface area contributed by atoms with Gasteiger partial charge in [0.15, 0.2) is 0 Å². The second kappa shape index (κ2) is 12.9. The minimum Gasteiger partial charge on any atom is -0.456 e. The molecule has 0 saturated heterocycles. The summed E-state index contributed by atoms with van der Waals surface area (Å²) >= 11 is 0. The molecule has 12 rings (SSSR count). The van der Waals surface area contributed by atoms with E-state index in [2.05, 4.69) is 205 Å². The summed E-state index contributed by atoms with van der Waals surface area (Å²) in [6.45, 7) is 0. The third-order valence-electron chi connectivity index (χ3n) is 12.8. The van der Waals surface area contributed by atoms with E-state index in [0.29, 0.717) is 0 Å². The molecule has 0 amide bonds. The lowest BCUT2D eigenvalue weighted by Gasteiger charge is -2.33. The summed E-state index contributed by atoms with van der Waals surface area (Å²) in [5.74, 6) is 0.925. The van der Waals surface area contributed by atoms with Crippen molar-refractivity contribution in [1.82, 2.24) is 0 Å². The first kappa shape index (κ1) is 33.0. The molecule has 0 N–H and O–H groups in total. The average molecular weight is 742 g/mol. The van der Waals surface area contributed by atoms with Crippen LogP contribution in [0.4, 0.5) is 17.1 Å². The molecule has 4 aliphatic rings. The fourth-order valence-corrected chi connectivity index (χ4v) is 10.3. The molecule has 1 aromatic heterocycles. The zero-order valence-electron chi connectivity index (χ0n) is 32.0. The van der Waals surface area contributed by atoms with Crippen molar-refractivity contribution < 1.29 is 4.42 Å². The van der Waals surface area contributed by atoms with Crippen molar-refractivity contribution >= 4 is 39.7 Å². The van der Waals surface area contributed by atoms with E-state index in [9.17, 15) is 0 Å². The van der Waals surface area contributed by atoms with Crippen LogP contribution in [0.2, 0.25) is 0 Å². The number of hydrogen-bond donors (Lipinski definition) is 0. The number of allylic oxidation sites excluding steroid dienone is 7. The Morgan fingerprint density at radius 2 is 1.19 bits per heavy atom. The molecule has 0 fully saturated rings. The Labute approximate surface area is 339 Å². The molecule has 2 heteroatoms. The van der Waals surface area contributed by atoms with Crippen LogP contribution >= 0.6 is 0 Å². The zero-order chi connectivity index (χ0) is 38.2. The van der Waals surface area contributed by atoms with Crippen molar-refractivity contribution in [3.63, 3.8) is 0 Å². The number of nitrogens with zero attached hydrogens (tertiary/aromatic N) is 1. The second-order valence-electron chi connectivity index (χ2n) is 15.8. The number of fused-ring (bicyclic) bond motifs is 13. The van der Waals surface area contributed by atoms with Crippen molar-refractivity contribution in [3.05, 3.63) is 233 Å². The Morgan fingerprint density at radius 1 is 0.500 bits per heavy atom. The molecule has 1 unspecified atom stereocenters. The fraction of sp³-hybridized carbons (Fsp3) is 0.0714. The summed E-state index contributed by atoms with van der Waals surface area (Å²) in [5.41, 5.74) is 20.7. The van der Waals surface area contributed by atoms with Gasteiger partial charge in [-0.2, -0.15) is 0 Å². The van der Waals surface area contributed by atoms with Crippen LogP contribution < -0.4 is 4.90 Å². The van der Waals surface area contributed by atoms with E-state index in [4.69, 9.17) is 4.42 Å². The lowest BCUT2D eigenvalue weighted by Crippen LogP contribution is -2.27. The molecule has 0 bridgehead atoms. The van der Waals surface area contributed by atoms with Crippen molar-refractivity contribution in [2.75, 3.05) is 4.90 Å². The Hall–Kier alpha value is -7.16. The fourth-order valence-electron chi connectivity index (χ4n) is 10.3. The summed E-state index contributed by atoms with van der Waals surface area (Å²) in [6.07, 6.45) is 16.5. The average Bonchev–Trinajstić information content (AvgIpc) is 3.83. The first-order chi connectivity index (χ1) is 28.8. The van der Waals surface area contributed by atoms with Gasteiger partial charge in [0.2, 0.25) is 0 Å². The predicted molar refractivity (Wildman–Crippen MR) is 241 cm³/mol. The van der Waals surface area contributed by atoms with Gasteiger partial charge in [0, 0.05) is 22.3 Å². The molecule has 0 aliphatic heterocycles. The smallest absolute Gasteiger partial charge is 0.137 e. The van der Waals surface area contributed by atoms with Crippen LogP contribution in [0.5, 0.6) is 0 Å². The maximum absolute atomic E-state index is 6.60. The molecule has 7 aromatic carbocycles. The molecule has 4 aliphatic carbocycles. The molecule has 1 atom stereocenters. The SMILES string of the molecule is C1=CCc2c(oc3cccc(N(c4cccc(-c5ccccc5)c4)c4ccc5c(c4)C4(C6=CCCC=C6c6ccc(-c7ccccc7)cc64)c4ccccc4-5)c23)C=C1. The molecule has 0 saturated carbocycles. The predicted octanol–water partition coefficient (Wildman–Crippen LogP) is 14.8. The van der Waals surface area contributed by atoms with Gasteiger partial charge in [-0.15, -0.1) is 0 Å². The maximum Gasteiger partial charge on any atom is 0.137 e. The molecule has 8 aromatic rings. The molecule has 1 heterocycles. The second-order valence-corrected chi connectivity index (χ2v) is 15.8. The monoisotopic (exact) mass is 741 g/mol. The molecule has 1 spiro atoms.